The first kappa shape index (κ1) is 20.5. The lowest BCUT2D eigenvalue weighted by atomic mass is 9.89. The fourth-order valence-electron chi connectivity index (χ4n) is 2.42. The first-order chi connectivity index (χ1) is 9.95. The second kappa shape index (κ2) is 13.2. The van der Waals surface area contributed by atoms with E-state index < -0.39 is 0 Å². The van der Waals surface area contributed by atoms with E-state index in [0.29, 0.717) is 18.4 Å². The summed E-state index contributed by atoms with van der Waals surface area (Å²) in [6, 6.07) is 0. The summed E-state index contributed by atoms with van der Waals surface area (Å²) < 4.78 is 5.26. The van der Waals surface area contributed by atoms with Crippen LogP contribution >= 0.6 is 0 Å². The highest BCUT2D eigenvalue weighted by Gasteiger charge is 2.08. The van der Waals surface area contributed by atoms with Gasteiger partial charge in [0.2, 0.25) is 0 Å². The van der Waals surface area contributed by atoms with Crippen LogP contribution in [0.5, 0.6) is 0 Å². The van der Waals surface area contributed by atoms with Gasteiger partial charge in [-0.2, -0.15) is 0 Å². The molecular formula is C19H38O2. The molecule has 0 amide bonds. The predicted molar refractivity (Wildman–Crippen MR) is 91.5 cm³/mol. The number of rotatable bonds is 13. The van der Waals surface area contributed by atoms with Crippen molar-refractivity contribution in [3.63, 3.8) is 0 Å². The molecule has 0 spiro atoms. The Morgan fingerprint density at radius 3 is 2.05 bits per heavy atom. The molecular weight excluding hydrogens is 260 g/mol. The molecule has 2 nitrogen and oxygen atoms in total. The maximum absolute atomic E-state index is 11.5. The van der Waals surface area contributed by atoms with Crippen molar-refractivity contribution in [1.29, 1.82) is 0 Å². The van der Waals surface area contributed by atoms with Crippen molar-refractivity contribution in [3.8, 4) is 0 Å². The fourth-order valence-corrected chi connectivity index (χ4v) is 2.42. The number of hydrogen-bond acceptors (Lipinski definition) is 2. The molecule has 0 aliphatic rings. The second-order valence-corrected chi connectivity index (χ2v) is 7.46. The van der Waals surface area contributed by atoms with Gasteiger partial charge in [-0.1, -0.05) is 79.1 Å². The molecule has 0 unspecified atom stereocenters. The average Bonchev–Trinajstić information content (AvgIpc) is 2.40. The van der Waals surface area contributed by atoms with Gasteiger partial charge in [-0.25, -0.2) is 0 Å². The summed E-state index contributed by atoms with van der Waals surface area (Å²) in [5.41, 5.74) is 0.459. The fraction of sp³-hybridized carbons (Fsp3) is 0.947. The zero-order chi connectivity index (χ0) is 16.0. The highest BCUT2D eigenvalue weighted by atomic mass is 16.5. The van der Waals surface area contributed by atoms with Crippen LogP contribution in [0.15, 0.2) is 0 Å². The van der Waals surface area contributed by atoms with Crippen molar-refractivity contribution < 1.29 is 9.53 Å². The Kier molecular flexibility index (Phi) is 12.8. The van der Waals surface area contributed by atoms with Gasteiger partial charge in [-0.3, -0.25) is 4.79 Å². The summed E-state index contributed by atoms with van der Waals surface area (Å²) in [4.78, 5) is 11.5. The van der Waals surface area contributed by atoms with Gasteiger partial charge in [0.25, 0.3) is 0 Å². The third-order valence-corrected chi connectivity index (χ3v) is 3.82. The number of esters is 1. The van der Waals surface area contributed by atoms with Gasteiger partial charge < -0.3 is 4.74 Å². The standard InChI is InChI=1S/C19H38O2/c1-5-6-7-11-14-17-21-18(20)15-12-9-8-10-13-16-19(2,3)4/h5-17H2,1-4H3. The molecule has 2 heteroatoms. The van der Waals surface area contributed by atoms with Gasteiger partial charge in [0.15, 0.2) is 0 Å². The van der Waals surface area contributed by atoms with Crippen LogP contribution in [0, 0.1) is 5.41 Å². The minimum atomic E-state index is 0.000169. The molecule has 0 radical (unpaired) electrons. The average molecular weight is 299 g/mol. The molecule has 0 saturated heterocycles. The van der Waals surface area contributed by atoms with E-state index in [1.807, 2.05) is 0 Å². The Labute approximate surface area is 133 Å². The van der Waals surface area contributed by atoms with Crippen LogP contribution in [0.4, 0.5) is 0 Å². The smallest absolute Gasteiger partial charge is 0.305 e. The van der Waals surface area contributed by atoms with E-state index >= 15 is 0 Å². The van der Waals surface area contributed by atoms with E-state index in [2.05, 4.69) is 27.7 Å². The van der Waals surface area contributed by atoms with Crippen molar-refractivity contribution >= 4 is 5.97 Å². The van der Waals surface area contributed by atoms with Crippen LogP contribution < -0.4 is 0 Å². The summed E-state index contributed by atoms with van der Waals surface area (Å²) in [6.45, 7) is 9.72. The van der Waals surface area contributed by atoms with Crippen LogP contribution in [0.2, 0.25) is 0 Å². The normalized spacial score (nSPS) is 11.6. The maximum atomic E-state index is 11.5. The molecule has 0 aromatic heterocycles. The molecule has 126 valence electrons. The largest absolute Gasteiger partial charge is 0.466 e. The Morgan fingerprint density at radius 1 is 0.810 bits per heavy atom. The van der Waals surface area contributed by atoms with E-state index in [9.17, 15) is 4.79 Å². The van der Waals surface area contributed by atoms with Crippen molar-refractivity contribution in [2.75, 3.05) is 6.61 Å². The van der Waals surface area contributed by atoms with Crippen molar-refractivity contribution in [3.05, 3.63) is 0 Å². The van der Waals surface area contributed by atoms with E-state index in [1.54, 1.807) is 0 Å². The molecule has 21 heavy (non-hydrogen) atoms. The predicted octanol–water partition coefficient (Wildman–Crippen LogP) is 6.28. The third kappa shape index (κ3) is 17.4. The molecule has 0 aromatic carbocycles. The molecule has 0 rings (SSSR count). The molecule has 0 aliphatic carbocycles. The second-order valence-electron chi connectivity index (χ2n) is 7.46. The van der Waals surface area contributed by atoms with Gasteiger partial charge in [-0.05, 0) is 24.7 Å². The molecule has 0 N–H and O–H groups in total. The van der Waals surface area contributed by atoms with E-state index in [-0.39, 0.29) is 5.97 Å². The highest BCUT2D eigenvalue weighted by Crippen LogP contribution is 2.22. The quantitative estimate of drug-likeness (QED) is 0.295. The minimum absolute atomic E-state index is 0.000169. The third-order valence-electron chi connectivity index (χ3n) is 3.82. The number of carbonyl (C=O) groups excluding carboxylic acids is 1. The van der Waals surface area contributed by atoms with Crippen LogP contribution in [0.25, 0.3) is 0 Å². The molecule has 0 heterocycles. The summed E-state index contributed by atoms with van der Waals surface area (Å²) in [7, 11) is 0. The molecule has 0 aromatic rings. The summed E-state index contributed by atoms with van der Waals surface area (Å²) >= 11 is 0. The van der Waals surface area contributed by atoms with Gasteiger partial charge in [0.05, 0.1) is 6.61 Å². The lowest BCUT2D eigenvalue weighted by molar-refractivity contribution is -0.143. The zero-order valence-corrected chi connectivity index (χ0v) is 15.0. The molecule has 0 saturated carbocycles. The van der Waals surface area contributed by atoms with Crippen LogP contribution in [-0.4, -0.2) is 12.6 Å². The number of carbonyl (C=O) groups is 1. The van der Waals surface area contributed by atoms with Gasteiger partial charge in [0.1, 0.15) is 0 Å². The molecule has 0 atom stereocenters. The monoisotopic (exact) mass is 298 g/mol. The molecule has 0 fully saturated rings. The van der Waals surface area contributed by atoms with Gasteiger partial charge in [-0.15, -0.1) is 0 Å². The van der Waals surface area contributed by atoms with Crippen molar-refractivity contribution in [2.24, 2.45) is 5.41 Å². The van der Waals surface area contributed by atoms with Crippen molar-refractivity contribution in [2.45, 2.75) is 105 Å². The minimum Gasteiger partial charge on any atom is -0.466 e. The molecule has 0 bridgehead atoms. The summed E-state index contributed by atoms with van der Waals surface area (Å²) in [5, 5.41) is 0. The van der Waals surface area contributed by atoms with Crippen LogP contribution in [0.1, 0.15) is 105 Å². The summed E-state index contributed by atoms with van der Waals surface area (Å²) in [5.74, 6) is 0.000169. The number of unbranched alkanes of at least 4 members (excludes halogenated alkanes) is 8. The Hall–Kier alpha value is -0.530. The highest BCUT2D eigenvalue weighted by molar-refractivity contribution is 5.69. The Bertz CT molecular complexity index is 240. The zero-order valence-electron chi connectivity index (χ0n) is 15.0. The summed E-state index contributed by atoms with van der Waals surface area (Å²) in [6.07, 6.45) is 14.0. The SMILES string of the molecule is CCCCCCCOC(=O)CCCCCCCC(C)(C)C. The topological polar surface area (TPSA) is 26.3 Å². The van der Waals surface area contributed by atoms with E-state index in [4.69, 9.17) is 4.74 Å². The van der Waals surface area contributed by atoms with Gasteiger partial charge in [0, 0.05) is 6.42 Å². The maximum Gasteiger partial charge on any atom is 0.305 e. The van der Waals surface area contributed by atoms with Crippen molar-refractivity contribution in [1.82, 2.24) is 0 Å². The van der Waals surface area contributed by atoms with Crippen LogP contribution in [-0.2, 0) is 9.53 Å². The van der Waals surface area contributed by atoms with E-state index in [1.165, 1.54) is 51.4 Å². The number of hydrogen-bond donors (Lipinski definition) is 0. The van der Waals surface area contributed by atoms with E-state index in [0.717, 1.165) is 19.3 Å². The van der Waals surface area contributed by atoms with Gasteiger partial charge >= 0.3 is 5.97 Å². The Morgan fingerprint density at radius 2 is 1.38 bits per heavy atom. The molecule has 0 aliphatic heterocycles. The lowest BCUT2D eigenvalue weighted by Crippen LogP contribution is -2.05. The Balaban J connectivity index is 3.23. The lowest BCUT2D eigenvalue weighted by Gasteiger charge is -2.17. The van der Waals surface area contributed by atoms with Crippen LogP contribution in [0.3, 0.4) is 0 Å². The number of ether oxygens (including phenoxy) is 1. The first-order valence-corrected chi connectivity index (χ1v) is 9.11. The first-order valence-electron chi connectivity index (χ1n) is 9.11.